The zero-order valence-electron chi connectivity index (χ0n) is 16.8. The predicted octanol–water partition coefficient (Wildman–Crippen LogP) is 3.63. The molecule has 0 heterocycles. The first-order valence-electron chi connectivity index (χ1n) is 9.36. The van der Waals surface area contributed by atoms with Crippen LogP contribution < -0.4 is 14.8 Å². The molecule has 1 atom stereocenters. The Hall–Kier alpha value is -3.35. The van der Waals surface area contributed by atoms with Gasteiger partial charge in [-0.3, -0.25) is 9.59 Å². The lowest BCUT2D eigenvalue weighted by atomic mass is 10.1. The van der Waals surface area contributed by atoms with E-state index >= 15 is 0 Å². The Bertz CT molecular complexity index is 847. The molecule has 2 rings (SSSR count). The highest BCUT2D eigenvalue weighted by Gasteiger charge is 2.19. The van der Waals surface area contributed by atoms with E-state index in [-0.39, 0.29) is 12.4 Å². The Morgan fingerprint density at radius 1 is 0.966 bits per heavy atom. The zero-order valence-corrected chi connectivity index (χ0v) is 16.8. The van der Waals surface area contributed by atoms with Gasteiger partial charge in [-0.2, -0.15) is 0 Å². The monoisotopic (exact) mass is 399 g/mol. The van der Waals surface area contributed by atoms with Crippen molar-refractivity contribution in [1.82, 2.24) is 0 Å². The van der Waals surface area contributed by atoms with E-state index in [0.717, 1.165) is 6.42 Å². The number of para-hydroxylation sites is 2. The van der Waals surface area contributed by atoms with Crippen LogP contribution in [0.25, 0.3) is 0 Å². The summed E-state index contributed by atoms with van der Waals surface area (Å²) in [5.41, 5.74) is 1.05. The van der Waals surface area contributed by atoms with Crippen LogP contribution in [-0.2, 0) is 14.3 Å². The average molecular weight is 399 g/mol. The molecule has 2 aromatic rings. The first kappa shape index (κ1) is 21.9. The summed E-state index contributed by atoms with van der Waals surface area (Å²) in [4.78, 5) is 35.5. The molecule has 29 heavy (non-hydrogen) atoms. The molecule has 1 amide bonds. The minimum atomic E-state index is -1.01. The van der Waals surface area contributed by atoms with Crippen LogP contribution in [0.4, 0.5) is 5.69 Å². The summed E-state index contributed by atoms with van der Waals surface area (Å²) in [6.07, 6.45) is -0.161. The first-order valence-corrected chi connectivity index (χ1v) is 9.36. The van der Waals surface area contributed by atoms with Crippen molar-refractivity contribution >= 4 is 23.3 Å². The van der Waals surface area contributed by atoms with Crippen molar-refractivity contribution in [2.75, 3.05) is 18.5 Å². The number of ketones is 1. The van der Waals surface area contributed by atoms with E-state index in [1.807, 2.05) is 13.0 Å². The van der Waals surface area contributed by atoms with Gasteiger partial charge in [0.05, 0.1) is 6.61 Å². The SMILES string of the molecule is CCCOc1ccccc1OCC(=O)OC(C)C(=O)Nc1ccc(C(C)=O)cc1. The van der Waals surface area contributed by atoms with Gasteiger partial charge in [-0.1, -0.05) is 19.1 Å². The van der Waals surface area contributed by atoms with E-state index in [9.17, 15) is 14.4 Å². The van der Waals surface area contributed by atoms with Gasteiger partial charge in [-0.15, -0.1) is 0 Å². The van der Waals surface area contributed by atoms with Crippen molar-refractivity contribution in [2.45, 2.75) is 33.3 Å². The van der Waals surface area contributed by atoms with Gasteiger partial charge in [-0.05, 0) is 56.7 Å². The molecule has 1 N–H and O–H groups in total. The Morgan fingerprint density at radius 3 is 2.17 bits per heavy atom. The highest BCUT2D eigenvalue weighted by atomic mass is 16.6. The van der Waals surface area contributed by atoms with Gasteiger partial charge in [0.25, 0.3) is 5.91 Å². The summed E-state index contributed by atoms with van der Waals surface area (Å²) in [5, 5.41) is 2.63. The molecule has 154 valence electrons. The van der Waals surface area contributed by atoms with E-state index in [1.54, 1.807) is 42.5 Å². The number of rotatable bonds is 10. The molecule has 0 radical (unpaired) electrons. The quantitative estimate of drug-likeness (QED) is 0.485. The third-order valence-corrected chi connectivity index (χ3v) is 3.89. The van der Waals surface area contributed by atoms with Gasteiger partial charge in [0.15, 0.2) is 30.0 Å². The topological polar surface area (TPSA) is 90.9 Å². The van der Waals surface area contributed by atoms with Crippen LogP contribution in [0, 0.1) is 0 Å². The molecule has 0 fully saturated rings. The van der Waals surface area contributed by atoms with Gasteiger partial charge < -0.3 is 19.5 Å². The number of carbonyl (C=O) groups is 3. The molecule has 0 aromatic heterocycles. The smallest absolute Gasteiger partial charge is 0.344 e. The minimum Gasteiger partial charge on any atom is -0.490 e. The molecule has 2 aromatic carbocycles. The normalized spacial score (nSPS) is 11.3. The number of amides is 1. The Kier molecular flexibility index (Phi) is 8.21. The second-order valence-corrected chi connectivity index (χ2v) is 6.34. The first-order chi connectivity index (χ1) is 13.9. The van der Waals surface area contributed by atoms with Crippen molar-refractivity contribution in [3.63, 3.8) is 0 Å². The maximum absolute atomic E-state index is 12.2. The van der Waals surface area contributed by atoms with E-state index in [1.165, 1.54) is 13.8 Å². The number of benzene rings is 2. The maximum atomic E-state index is 12.2. The molecule has 1 unspecified atom stereocenters. The largest absolute Gasteiger partial charge is 0.490 e. The summed E-state index contributed by atoms with van der Waals surface area (Å²) >= 11 is 0. The summed E-state index contributed by atoms with van der Waals surface area (Å²) in [6, 6.07) is 13.5. The Morgan fingerprint density at radius 2 is 1.59 bits per heavy atom. The van der Waals surface area contributed by atoms with Crippen molar-refractivity contribution in [3.05, 3.63) is 54.1 Å². The number of hydrogen-bond donors (Lipinski definition) is 1. The Labute approximate surface area is 170 Å². The summed E-state index contributed by atoms with van der Waals surface area (Å²) in [7, 11) is 0. The third-order valence-electron chi connectivity index (χ3n) is 3.89. The van der Waals surface area contributed by atoms with Crippen LogP contribution in [0.15, 0.2) is 48.5 Å². The highest BCUT2D eigenvalue weighted by molar-refractivity contribution is 5.97. The average Bonchev–Trinajstić information content (AvgIpc) is 2.71. The third kappa shape index (κ3) is 6.95. The molecule has 0 saturated heterocycles. The van der Waals surface area contributed by atoms with Crippen LogP contribution in [0.3, 0.4) is 0 Å². The summed E-state index contributed by atoms with van der Waals surface area (Å²) in [5.74, 6) is -0.250. The van der Waals surface area contributed by atoms with Crippen molar-refractivity contribution in [3.8, 4) is 11.5 Å². The standard InChI is InChI=1S/C22H25NO6/c1-4-13-27-19-7-5-6-8-20(19)28-14-21(25)29-16(3)22(26)23-18-11-9-17(10-12-18)15(2)24/h5-12,16H,4,13-14H2,1-3H3,(H,23,26). The van der Waals surface area contributed by atoms with Gasteiger partial charge in [0.1, 0.15) is 0 Å². The maximum Gasteiger partial charge on any atom is 0.344 e. The van der Waals surface area contributed by atoms with Gasteiger partial charge in [0, 0.05) is 11.3 Å². The molecular weight excluding hydrogens is 374 g/mol. The fourth-order valence-electron chi connectivity index (χ4n) is 2.35. The zero-order chi connectivity index (χ0) is 21.2. The molecule has 0 aliphatic carbocycles. The lowest BCUT2D eigenvalue weighted by Gasteiger charge is -2.15. The number of hydrogen-bond acceptors (Lipinski definition) is 6. The molecule has 0 aliphatic heterocycles. The molecule has 7 nitrogen and oxygen atoms in total. The lowest BCUT2D eigenvalue weighted by Crippen LogP contribution is -2.31. The molecule has 0 bridgehead atoms. The van der Waals surface area contributed by atoms with E-state index in [0.29, 0.717) is 29.4 Å². The highest BCUT2D eigenvalue weighted by Crippen LogP contribution is 2.26. The molecule has 0 spiro atoms. The lowest BCUT2D eigenvalue weighted by molar-refractivity contribution is -0.155. The second kappa shape index (κ2) is 10.8. The van der Waals surface area contributed by atoms with Crippen LogP contribution >= 0.6 is 0 Å². The van der Waals surface area contributed by atoms with Gasteiger partial charge in [-0.25, -0.2) is 4.79 Å². The summed E-state index contributed by atoms with van der Waals surface area (Å²) in [6.45, 7) is 5.11. The molecule has 7 heteroatoms. The molecule has 0 aliphatic rings. The van der Waals surface area contributed by atoms with Crippen molar-refractivity contribution in [2.24, 2.45) is 0 Å². The number of ether oxygens (including phenoxy) is 3. The minimum absolute atomic E-state index is 0.0631. The van der Waals surface area contributed by atoms with Crippen molar-refractivity contribution < 1.29 is 28.6 Å². The van der Waals surface area contributed by atoms with Crippen LogP contribution in [0.5, 0.6) is 11.5 Å². The second-order valence-electron chi connectivity index (χ2n) is 6.34. The van der Waals surface area contributed by atoms with Crippen LogP contribution in [0.2, 0.25) is 0 Å². The fourth-order valence-corrected chi connectivity index (χ4v) is 2.35. The predicted molar refractivity (Wildman–Crippen MR) is 108 cm³/mol. The van der Waals surface area contributed by atoms with Crippen LogP contribution in [0.1, 0.15) is 37.6 Å². The molecule has 0 saturated carbocycles. The fraction of sp³-hybridized carbons (Fsp3) is 0.318. The van der Waals surface area contributed by atoms with E-state index in [4.69, 9.17) is 14.2 Å². The van der Waals surface area contributed by atoms with Gasteiger partial charge in [0.2, 0.25) is 0 Å². The number of anilines is 1. The summed E-state index contributed by atoms with van der Waals surface area (Å²) < 4.78 is 16.2. The van der Waals surface area contributed by atoms with Crippen molar-refractivity contribution in [1.29, 1.82) is 0 Å². The number of Topliss-reactive ketones (excluding diaryl/α,β-unsaturated/α-hetero) is 1. The van der Waals surface area contributed by atoms with E-state index in [2.05, 4.69) is 5.32 Å². The number of carbonyl (C=O) groups excluding carboxylic acids is 3. The van der Waals surface area contributed by atoms with E-state index < -0.39 is 18.0 Å². The molecular formula is C22H25NO6. The van der Waals surface area contributed by atoms with Crippen LogP contribution in [-0.4, -0.2) is 37.0 Å². The number of esters is 1. The Balaban J connectivity index is 1.84. The van der Waals surface area contributed by atoms with Gasteiger partial charge >= 0.3 is 5.97 Å². The number of nitrogens with one attached hydrogen (secondary N) is 1.